The van der Waals surface area contributed by atoms with Gasteiger partial charge in [-0.15, -0.1) is 0 Å². The summed E-state index contributed by atoms with van der Waals surface area (Å²) in [4.78, 5) is 8.04. The van der Waals surface area contributed by atoms with E-state index >= 15 is 0 Å². The number of hydrogen-bond acceptors (Lipinski definition) is 3. The quantitative estimate of drug-likeness (QED) is 0.594. The summed E-state index contributed by atoms with van der Waals surface area (Å²) < 4.78 is 0. The van der Waals surface area contributed by atoms with E-state index in [0.717, 1.165) is 24.7 Å². The molecule has 1 fully saturated rings. The Bertz CT molecular complexity index is 388. The van der Waals surface area contributed by atoms with E-state index in [0.29, 0.717) is 12.5 Å². The molecule has 0 spiro atoms. The van der Waals surface area contributed by atoms with Crippen molar-refractivity contribution in [1.82, 2.24) is 19.9 Å². The Morgan fingerprint density at radius 3 is 2.82 bits per heavy atom. The third-order valence-corrected chi connectivity index (χ3v) is 3.16. The number of nitrogens with two attached hydrogens (primary N) is 1. The van der Waals surface area contributed by atoms with Crippen molar-refractivity contribution >= 4 is 5.96 Å². The van der Waals surface area contributed by atoms with Crippen LogP contribution in [-0.2, 0) is 13.6 Å². The second-order valence-corrected chi connectivity index (χ2v) is 4.67. The molecule has 0 radical (unpaired) electrons. The second-order valence-electron chi connectivity index (χ2n) is 4.67. The molecule has 0 bridgehead atoms. The maximum absolute atomic E-state index is 5.97. The minimum absolute atomic E-state index is 0.506. The number of aliphatic imine (C=N–C) groups is 1. The largest absolute Gasteiger partial charge is 0.370 e. The number of aryl methyl sites for hydroxylation is 1. The van der Waals surface area contributed by atoms with Crippen LogP contribution in [0, 0.1) is 5.92 Å². The molecule has 94 valence electrons. The molecule has 1 aliphatic heterocycles. The van der Waals surface area contributed by atoms with Gasteiger partial charge in [-0.25, -0.2) is 4.99 Å². The second kappa shape index (κ2) is 5.16. The molecule has 2 rings (SSSR count). The molecule has 0 aromatic carbocycles. The normalized spacial score (nSPS) is 18.7. The number of likely N-dealkylation sites (tertiary alicyclic amines) is 1. The lowest BCUT2D eigenvalue weighted by Crippen LogP contribution is -2.42. The van der Waals surface area contributed by atoms with Crippen molar-refractivity contribution in [3.05, 3.63) is 11.9 Å². The smallest absolute Gasteiger partial charge is 0.191 e. The summed E-state index contributed by atoms with van der Waals surface area (Å²) in [6.07, 6.45) is 4.11. The highest BCUT2D eigenvalue weighted by atomic mass is 15.4. The molecule has 0 saturated carbocycles. The van der Waals surface area contributed by atoms with E-state index in [1.807, 2.05) is 0 Å². The maximum Gasteiger partial charge on any atom is 0.191 e. The first-order valence-electron chi connectivity index (χ1n) is 6.05. The highest BCUT2D eigenvalue weighted by Gasteiger charge is 2.16. The topological polar surface area (TPSA) is 72.3 Å². The van der Waals surface area contributed by atoms with E-state index in [9.17, 15) is 0 Å². The lowest BCUT2D eigenvalue weighted by Gasteiger charge is -2.30. The highest BCUT2D eigenvalue weighted by molar-refractivity contribution is 5.78. The van der Waals surface area contributed by atoms with E-state index in [1.54, 1.807) is 13.2 Å². The van der Waals surface area contributed by atoms with Crippen LogP contribution in [0.15, 0.2) is 11.2 Å². The third kappa shape index (κ3) is 3.18. The molecule has 1 aliphatic rings. The summed E-state index contributed by atoms with van der Waals surface area (Å²) in [6, 6.07) is 0. The summed E-state index contributed by atoms with van der Waals surface area (Å²) in [5, 5.41) is 8.16. The van der Waals surface area contributed by atoms with Gasteiger partial charge in [-0.3, -0.25) is 0 Å². The van der Waals surface area contributed by atoms with E-state index in [-0.39, 0.29) is 0 Å². The van der Waals surface area contributed by atoms with Crippen molar-refractivity contribution in [2.45, 2.75) is 26.3 Å². The van der Waals surface area contributed by atoms with Crippen LogP contribution in [0.25, 0.3) is 0 Å². The highest BCUT2D eigenvalue weighted by Crippen LogP contribution is 2.15. The van der Waals surface area contributed by atoms with Crippen molar-refractivity contribution in [3.63, 3.8) is 0 Å². The van der Waals surface area contributed by atoms with Crippen molar-refractivity contribution in [2.75, 3.05) is 13.1 Å². The molecule has 0 amide bonds. The van der Waals surface area contributed by atoms with Crippen molar-refractivity contribution in [1.29, 1.82) is 0 Å². The fraction of sp³-hybridized carbons (Fsp3) is 0.727. The van der Waals surface area contributed by atoms with Gasteiger partial charge in [0.1, 0.15) is 5.69 Å². The van der Waals surface area contributed by atoms with Crippen molar-refractivity contribution in [3.8, 4) is 0 Å². The van der Waals surface area contributed by atoms with Gasteiger partial charge in [-0.1, -0.05) is 6.92 Å². The summed E-state index contributed by atoms with van der Waals surface area (Å²) >= 11 is 0. The molecule has 0 unspecified atom stereocenters. The number of guanidine groups is 1. The van der Waals surface area contributed by atoms with E-state index in [4.69, 9.17) is 5.73 Å². The molecule has 17 heavy (non-hydrogen) atoms. The fourth-order valence-corrected chi connectivity index (χ4v) is 1.96. The van der Waals surface area contributed by atoms with Gasteiger partial charge >= 0.3 is 0 Å². The van der Waals surface area contributed by atoms with E-state index < -0.39 is 0 Å². The van der Waals surface area contributed by atoms with Crippen LogP contribution in [0.4, 0.5) is 0 Å². The predicted octanol–water partition coefficient (Wildman–Crippen LogP) is 0.362. The Hall–Kier alpha value is -1.59. The zero-order chi connectivity index (χ0) is 12.3. The minimum Gasteiger partial charge on any atom is -0.370 e. The first kappa shape index (κ1) is 11.9. The monoisotopic (exact) mass is 236 g/mol. The molecule has 1 saturated heterocycles. The van der Waals surface area contributed by atoms with Gasteiger partial charge in [0.15, 0.2) is 5.96 Å². The number of nitrogens with zero attached hydrogens (tertiary/aromatic N) is 5. The third-order valence-electron chi connectivity index (χ3n) is 3.16. The van der Waals surface area contributed by atoms with Gasteiger partial charge in [0, 0.05) is 20.1 Å². The Morgan fingerprint density at radius 2 is 2.24 bits per heavy atom. The Balaban J connectivity index is 1.88. The van der Waals surface area contributed by atoms with Gasteiger partial charge in [0.25, 0.3) is 0 Å². The lowest BCUT2D eigenvalue weighted by atomic mass is 10.00. The summed E-state index contributed by atoms with van der Waals surface area (Å²) in [7, 11) is 1.79. The maximum atomic E-state index is 5.97. The average Bonchev–Trinajstić information content (AvgIpc) is 2.73. The van der Waals surface area contributed by atoms with E-state index in [1.165, 1.54) is 17.6 Å². The van der Waals surface area contributed by atoms with Gasteiger partial charge in [-0.05, 0) is 18.8 Å². The number of rotatable bonds is 2. The molecule has 1 aromatic heterocycles. The fourth-order valence-electron chi connectivity index (χ4n) is 1.96. The van der Waals surface area contributed by atoms with Gasteiger partial charge in [-0.2, -0.15) is 15.0 Å². The molecular formula is C11H20N6. The molecule has 2 N–H and O–H groups in total. The molecule has 2 heterocycles. The minimum atomic E-state index is 0.506. The number of piperidine rings is 1. The number of hydrogen-bond donors (Lipinski definition) is 1. The van der Waals surface area contributed by atoms with Crippen molar-refractivity contribution < 1.29 is 0 Å². The van der Waals surface area contributed by atoms with Crippen molar-refractivity contribution in [2.24, 2.45) is 23.7 Å². The molecular weight excluding hydrogens is 216 g/mol. The SMILES string of the molecule is CC1CCN(C(N)=NCc2cnn(C)n2)CC1. The molecule has 0 aliphatic carbocycles. The Labute approximate surface area is 102 Å². The molecule has 0 atom stereocenters. The Kier molecular flexibility index (Phi) is 3.61. The van der Waals surface area contributed by atoms with Crippen LogP contribution >= 0.6 is 0 Å². The van der Waals surface area contributed by atoms with Gasteiger partial charge in [0.2, 0.25) is 0 Å². The van der Waals surface area contributed by atoms with Gasteiger partial charge in [0.05, 0.1) is 12.7 Å². The van der Waals surface area contributed by atoms with Crippen LogP contribution in [0.5, 0.6) is 0 Å². The van der Waals surface area contributed by atoms with E-state index in [2.05, 4.69) is 27.0 Å². The van der Waals surface area contributed by atoms with Crippen LogP contribution in [-0.4, -0.2) is 38.9 Å². The zero-order valence-electron chi connectivity index (χ0n) is 10.5. The average molecular weight is 236 g/mol. The Morgan fingerprint density at radius 1 is 1.53 bits per heavy atom. The summed E-state index contributed by atoms with van der Waals surface area (Å²) in [5.74, 6) is 1.43. The first-order valence-corrected chi connectivity index (χ1v) is 6.05. The number of aromatic nitrogens is 3. The molecule has 6 nitrogen and oxygen atoms in total. The van der Waals surface area contributed by atoms with Crippen LogP contribution in [0.1, 0.15) is 25.5 Å². The molecule has 1 aromatic rings. The summed E-state index contributed by atoms with van der Waals surface area (Å²) in [6.45, 7) is 4.81. The molecule has 6 heteroatoms. The van der Waals surface area contributed by atoms with Crippen LogP contribution < -0.4 is 5.73 Å². The summed E-state index contributed by atoms with van der Waals surface area (Å²) in [5.41, 5.74) is 6.82. The standard InChI is InChI=1S/C11H20N6/c1-9-3-5-17(6-4-9)11(12)13-7-10-8-14-16(2)15-10/h8-9H,3-7H2,1-2H3,(H2,12,13). The zero-order valence-corrected chi connectivity index (χ0v) is 10.5. The first-order chi connectivity index (χ1) is 8.15. The van der Waals surface area contributed by atoms with Gasteiger partial charge < -0.3 is 10.6 Å². The van der Waals surface area contributed by atoms with Crippen LogP contribution in [0.2, 0.25) is 0 Å². The lowest BCUT2D eigenvalue weighted by molar-refractivity contribution is 0.277. The van der Waals surface area contributed by atoms with Crippen LogP contribution in [0.3, 0.4) is 0 Å². The predicted molar refractivity (Wildman–Crippen MR) is 66.3 cm³/mol.